The maximum atomic E-state index is 10.3. The van der Waals surface area contributed by atoms with Crippen LogP contribution in [0.1, 0.15) is 18.9 Å². The normalized spacial score (nSPS) is 14.4. The molecule has 0 unspecified atom stereocenters. The Bertz CT molecular complexity index is 326. The first-order chi connectivity index (χ1) is 7.59. The van der Waals surface area contributed by atoms with Gasteiger partial charge in [0.05, 0.1) is 6.10 Å². The number of benzene rings is 1. The van der Waals surface area contributed by atoms with Crippen LogP contribution in [0.3, 0.4) is 0 Å². The fraction of sp³-hybridized carbons (Fsp3) is 0.500. The summed E-state index contributed by atoms with van der Waals surface area (Å²) in [5.41, 5.74) is 1.15. The molecule has 0 bridgehead atoms. The van der Waals surface area contributed by atoms with E-state index in [0.29, 0.717) is 6.42 Å². The van der Waals surface area contributed by atoms with Gasteiger partial charge in [-0.15, -0.1) is 0 Å². The zero-order valence-electron chi connectivity index (χ0n) is 9.37. The molecule has 2 atom stereocenters. The monoisotopic (exact) mass is 223 g/mol. The van der Waals surface area contributed by atoms with E-state index in [1.54, 1.807) is 6.92 Å². The molecule has 16 heavy (non-hydrogen) atoms. The van der Waals surface area contributed by atoms with Crippen LogP contribution in [-0.4, -0.2) is 22.7 Å². The van der Waals surface area contributed by atoms with Crippen molar-refractivity contribution >= 4 is 0 Å². The molecule has 0 fully saturated rings. The Morgan fingerprint density at radius 3 is 2.56 bits per heavy atom. The highest BCUT2D eigenvalue weighted by Gasteiger charge is 2.18. The molecule has 0 heterocycles. The van der Waals surface area contributed by atoms with Crippen LogP contribution in [0.4, 0.5) is 0 Å². The van der Waals surface area contributed by atoms with Crippen molar-refractivity contribution in [2.24, 2.45) is 5.92 Å². The van der Waals surface area contributed by atoms with Crippen LogP contribution in [0, 0.1) is 16.0 Å². The summed E-state index contributed by atoms with van der Waals surface area (Å²) in [6.45, 7) is 1.54. The molecular formula is C12H17NO3. The minimum absolute atomic E-state index is 0.171. The number of nitrogens with zero attached hydrogens (tertiary/aromatic N) is 1. The predicted molar refractivity (Wildman–Crippen MR) is 61.8 cm³/mol. The fourth-order valence-corrected chi connectivity index (χ4v) is 1.60. The third kappa shape index (κ3) is 4.40. The van der Waals surface area contributed by atoms with Gasteiger partial charge in [-0.1, -0.05) is 37.3 Å². The van der Waals surface area contributed by atoms with E-state index in [4.69, 9.17) is 0 Å². The summed E-state index contributed by atoms with van der Waals surface area (Å²) in [5.74, 6) is -0.293. The Morgan fingerprint density at radius 1 is 1.38 bits per heavy atom. The van der Waals surface area contributed by atoms with Gasteiger partial charge in [-0.25, -0.2) is 0 Å². The van der Waals surface area contributed by atoms with Gasteiger partial charge in [0.2, 0.25) is 6.54 Å². The molecule has 0 radical (unpaired) electrons. The van der Waals surface area contributed by atoms with Crippen LogP contribution in [0.5, 0.6) is 0 Å². The van der Waals surface area contributed by atoms with E-state index in [-0.39, 0.29) is 17.4 Å². The maximum absolute atomic E-state index is 10.3. The third-order valence-electron chi connectivity index (χ3n) is 2.67. The Labute approximate surface area is 95.1 Å². The van der Waals surface area contributed by atoms with Crippen molar-refractivity contribution in [2.45, 2.75) is 25.9 Å². The second kappa shape index (κ2) is 6.23. The lowest BCUT2D eigenvalue weighted by Crippen LogP contribution is -2.25. The molecule has 1 aromatic rings. The SMILES string of the molecule is C[C@@H](C[N+](=O)[O-])[C@@H](O)CCc1ccccc1. The summed E-state index contributed by atoms with van der Waals surface area (Å²) in [6, 6.07) is 9.81. The first-order valence-electron chi connectivity index (χ1n) is 5.43. The van der Waals surface area contributed by atoms with Gasteiger partial charge < -0.3 is 5.11 Å². The minimum atomic E-state index is -0.606. The number of aliphatic hydroxyl groups excluding tert-OH is 1. The third-order valence-corrected chi connectivity index (χ3v) is 2.67. The number of hydrogen-bond acceptors (Lipinski definition) is 3. The largest absolute Gasteiger partial charge is 0.393 e. The molecule has 88 valence electrons. The zero-order valence-corrected chi connectivity index (χ0v) is 9.37. The highest BCUT2D eigenvalue weighted by Crippen LogP contribution is 2.11. The molecular weight excluding hydrogens is 206 g/mol. The van der Waals surface area contributed by atoms with Crippen LogP contribution >= 0.6 is 0 Å². The predicted octanol–water partition coefficient (Wildman–Crippen LogP) is 1.89. The van der Waals surface area contributed by atoms with Crippen LogP contribution in [-0.2, 0) is 6.42 Å². The van der Waals surface area contributed by atoms with Crippen LogP contribution in [0.25, 0.3) is 0 Å². The van der Waals surface area contributed by atoms with Gasteiger partial charge in [0.25, 0.3) is 0 Å². The van der Waals surface area contributed by atoms with Gasteiger partial charge in [0, 0.05) is 10.8 Å². The Balaban J connectivity index is 2.35. The first-order valence-corrected chi connectivity index (χ1v) is 5.43. The highest BCUT2D eigenvalue weighted by molar-refractivity contribution is 5.14. The van der Waals surface area contributed by atoms with E-state index < -0.39 is 6.10 Å². The van der Waals surface area contributed by atoms with Crippen molar-refractivity contribution in [1.82, 2.24) is 0 Å². The maximum Gasteiger partial charge on any atom is 0.208 e. The smallest absolute Gasteiger partial charge is 0.208 e. The van der Waals surface area contributed by atoms with Gasteiger partial charge in [-0.2, -0.15) is 0 Å². The van der Waals surface area contributed by atoms with Crippen molar-refractivity contribution in [3.05, 3.63) is 46.0 Å². The van der Waals surface area contributed by atoms with Gasteiger partial charge in [-0.3, -0.25) is 10.1 Å². The highest BCUT2D eigenvalue weighted by atomic mass is 16.6. The zero-order chi connectivity index (χ0) is 12.0. The average Bonchev–Trinajstić information content (AvgIpc) is 2.26. The van der Waals surface area contributed by atoms with Gasteiger partial charge in [-0.05, 0) is 18.4 Å². The van der Waals surface area contributed by atoms with E-state index in [9.17, 15) is 15.2 Å². The standard InChI is InChI=1S/C12H17NO3/c1-10(9-13(15)16)12(14)8-7-11-5-3-2-4-6-11/h2-6,10,12,14H,7-9H2,1H3/t10-,12-/m0/s1. The molecule has 4 heteroatoms. The van der Waals surface area contributed by atoms with Crippen molar-refractivity contribution in [3.63, 3.8) is 0 Å². The van der Waals surface area contributed by atoms with Crippen LogP contribution < -0.4 is 0 Å². The van der Waals surface area contributed by atoms with E-state index in [1.165, 1.54) is 0 Å². The lowest BCUT2D eigenvalue weighted by molar-refractivity contribution is -0.489. The molecule has 0 saturated heterocycles. The molecule has 0 aliphatic rings. The summed E-state index contributed by atoms with van der Waals surface area (Å²) in [5, 5.41) is 20.0. The van der Waals surface area contributed by atoms with Crippen molar-refractivity contribution in [1.29, 1.82) is 0 Å². The number of rotatable bonds is 6. The van der Waals surface area contributed by atoms with Gasteiger partial charge in [0.15, 0.2) is 0 Å². The summed E-state index contributed by atoms with van der Waals surface area (Å²) in [7, 11) is 0. The number of aliphatic hydroxyl groups is 1. The Hall–Kier alpha value is -1.42. The van der Waals surface area contributed by atoms with Gasteiger partial charge >= 0.3 is 0 Å². The average molecular weight is 223 g/mol. The summed E-state index contributed by atoms with van der Waals surface area (Å²) >= 11 is 0. The lowest BCUT2D eigenvalue weighted by Gasteiger charge is -2.14. The molecule has 1 N–H and O–H groups in total. The van der Waals surface area contributed by atoms with E-state index in [1.807, 2.05) is 30.3 Å². The van der Waals surface area contributed by atoms with Gasteiger partial charge in [0.1, 0.15) is 0 Å². The number of hydrogen-bond donors (Lipinski definition) is 1. The minimum Gasteiger partial charge on any atom is -0.393 e. The number of aryl methyl sites for hydroxylation is 1. The van der Waals surface area contributed by atoms with Crippen molar-refractivity contribution < 1.29 is 10.0 Å². The molecule has 4 nitrogen and oxygen atoms in total. The molecule has 0 spiro atoms. The van der Waals surface area contributed by atoms with E-state index in [2.05, 4.69) is 0 Å². The lowest BCUT2D eigenvalue weighted by atomic mass is 9.98. The van der Waals surface area contributed by atoms with Crippen LogP contribution in [0.2, 0.25) is 0 Å². The Morgan fingerprint density at radius 2 is 2.00 bits per heavy atom. The molecule has 0 aliphatic carbocycles. The molecule has 1 aromatic carbocycles. The van der Waals surface area contributed by atoms with Crippen LogP contribution in [0.15, 0.2) is 30.3 Å². The molecule has 0 aromatic heterocycles. The Kier molecular flexibility index (Phi) is 4.92. The summed E-state index contributed by atoms with van der Waals surface area (Å²) in [4.78, 5) is 9.90. The second-order valence-electron chi connectivity index (χ2n) is 4.08. The molecule has 0 amide bonds. The molecule has 0 aliphatic heterocycles. The molecule has 1 rings (SSSR count). The van der Waals surface area contributed by atoms with E-state index >= 15 is 0 Å². The topological polar surface area (TPSA) is 63.4 Å². The number of nitro groups is 1. The summed E-state index contributed by atoms with van der Waals surface area (Å²) < 4.78 is 0. The van der Waals surface area contributed by atoms with Crippen molar-refractivity contribution in [3.8, 4) is 0 Å². The fourth-order valence-electron chi connectivity index (χ4n) is 1.60. The first kappa shape index (κ1) is 12.6. The second-order valence-corrected chi connectivity index (χ2v) is 4.08. The summed E-state index contributed by atoms with van der Waals surface area (Å²) in [6.07, 6.45) is 0.717. The van der Waals surface area contributed by atoms with E-state index in [0.717, 1.165) is 12.0 Å². The quantitative estimate of drug-likeness (QED) is 0.591. The van der Waals surface area contributed by atoms with Crippen molar-refractivity contribution in [2.75, 3.05) is 6.54 Å². The molecule has 0 saturated carbocycles.